The second-order valence-corrected chi connectivity index (χ2v) is 5.79. The molecule has 0 bridgehead atoms. The van der Waals surface area contributed by atoms with Crippen molar-refractivity contribution >= 4 is 12.1 Å². The Kier molecular flexibility index (Phi) is 7.49. The van der Waals surface area contributed by atoms with Crippen molar-refractivity contribution in [2.24, 2.45) is 0 Å². The van der Waals surface area contributed by atoms with E-state index in [1.807, 2.05) is 0 Å². The van der Waals surface area contributed by atoms with Crippen molar-refractivity contribution < 1.29 is 19.4 Å². The highest BCUT2D eigenvalue weighted by atomic mass is 16.6. The lowest BCUT2D eigenvalue weighted by Gasteiger charge is -2.28. The first-order valence-corrected chi connectivity index (χ1v) is 6.87. The van der Waals surface area contributed by atoms with E-state index < -0.39 is 23.7 Å². The predicted molar refractivity (Wildman–Crippen MR) is 74.2 cm³/mol. The number of amides is 1. The van der Waals surface area contributed by atoms with Crippen LogP contribution < -0.4 is 0 Å². The zero-order chi connectivity index (χ0) is 15.1. The summed E-state index contributed by atoms with van der Waals surface area (Å²) < 4.78 is 5.18. The summed E-state index contributed by atoms with van der Waals surface area (Å²) in [6.45, 7) is 7.38. The van der Waals surface area contributed by atoms with Gasteiger partial charge in [-0.25, -0.2) is 9.59 Å². The van der Waals surface area contributed by atoms with Crippen molar-refractivity contribution in [3.8, 4) is 0 Å². The molecular weight excluding hydrogens is 246 g/mol. The van der Waals surface area contributed by atoms with E-state index in [1.165, 1.54) is 11.9 Å². The van der Waals surface area contributed by atoms with E-state index in [2.05, 4.69) is 6.92 Å². The van der Waals surface area contributed by atoms with Crippen molar-refractivity contribution in [3.63, 3.8) is 0 Å². The number of nitrogens with zero attached hydrogens (tertiary/aromatic N) is 1. The molecule has 112 valence electrons. The zero-order valence-electron chi connectivity index (χ0n) is 12.7. The molecule has 0 rings (SSSR count). The standard InChI is InChI=1S/C14H27NO4/c1-6-7-8-9-10-11(12(16)17)15(5)13(18)19-14(2,3)4/h11H,6-10H2,1-5H3,(H,16,17). The van der Waals surface area contributed by atoms with Gasteiger partial charge in [-0.2, -0.15) is 0 Å². The fraction of sp³-hybridized carbons (Fsp3) is 0.857. The molecule has 0 spiro atoms. The number of carbonyl (C=O) groups is 2. The average molecular weight is 273 g/mol. The van der Waals surface area contributed by atoms with Gasteiger partial charge in [-0.05, 0) is 27.2 Å². The maximum Gasteiger partial charge on any atom is 0.410 e. The Morgan fingerprint density at radius 3 is 2.21 bits per heavy atom. The minimum Gasteiger partial charge on any atom is -0.480 e. The van der Waals surface area contributed by atoms with Crippen molar-refractivity contribution in [2.75, 3.05) is 7.05 Å². The van der Waals surface area contributed by atoms with Gasteiger partial charge in [0.2, 0.25) is 0 Å². The van der Waals surface area contributed by atoms with Crippen molar-refractivity contribution in [3.05, 3.63) is 0 Å². The minimum absolute atomic E-state index is 0.463. The minimum atomic E-state index is -0.982. The van der Waals surface area contributed by atoms with Crippen LogP contribution in [0.25, 0.3) is 0 Å². The van der Waals surface area contributed by atoms with Crippen LogP contribution in [0.4, 0.5) is 4.79 Å². The molecule has 0 heterocycles. The van der Waals surface area contributed by atoms with Gasteiger partial charge in [0.25, 0.3) is 0 Å². The molecule has 0 aliphatic rings. The number of carboxylic acids is 1. The van der Waals surface area contributed by atoms with Crippen LogP contribution in [0.3, 0.4) is 0 Å². The van der Waals surface area contributed by atoms with Crippen LogP contribution in [0.15, 0.2) is 0 Å². The Labute approximate surface area is 115 Å². The highest BCUT2D eigenvalue weighted by molar-refractivity contribution is 5.79. The number of likely N-dealkylation sites (N-methyl/N-ethyl adjacent to an activating group) is 1. The van der Waals surface area contributed by atoms with Gasteiger partial charge >= 0.3 is 12.1 Å². The van der Waals surface area contributed by atoms with E-state index in [0.29, 0.717) is 6.42 Å². The van der Waals surface area contributed by atoms with Gasteiger partial charge in [-0.1, -0.05) is 32.6 Å². The van der Waals surface area contributed by atoms with Gasteiger partial charge in [0, 0.05) is 7.05 Å². The summed E-state index contributed by atoms with van der Waals surface area (Å²) in [7, 11) is 1.48. The molecule has 0 aromatic carbocycles. The third-order valence-electron chi connectivity index (χ3n) is 2.77. The molecule has 1 N–H and O–H groups in total. The molecule has 0 aliphatic carbocycles. The zero-order valence-corrected chi connectivity index (χ0v) is 12.7. The average Bonchev–Trinajstić information content (AvgIpc) is 2.25. The smallest absolute Gasteiger partial charge is 0.410 e. The summed E-state index contributed by atoms with van der Waals surface area (Å²) in [6, 6.07) is -0.813. The molecule has 1 atom stereocenters. The molecule has 5 nitrogen and oxygen atoms in total. The van der Waals surface area contributed by atoms with E-state index in [0.717, 1.165) is 25.7 Å². The SMILES string of the molecule is CCCCCCC(C(=O)O)N(C)C(=O)OC(C)(C)C. The number of ether oxygens (including phenoxy) is 1. The molecule has 0 aromatic heterocycles. The topological polar surface area (TPSA) is 66.8 Å². The fourth-order valence-electron chi connectivity index (χ4n) is 1.71. The Balaban J connectivity index is 4.44. The second-order valence-electron chi connectivity index (χ2n) is 5.79. The van der Waals surface area contributed by atoms with Crippen molar-refractivity contribution in [1.29, 1.82) is 0 Å². The normalized spacial score (nSPS) is 12.9. The first kappa shape index (κ1) is 17.7. The van der Waals surface area contributed by atoms with Crippen LogP contribution in [-0.4, -0.2) is 40.8 Å². The predicted octanol–water partition coefficient (Wildman–Crippen LogP) is 3.28. The largest absolute Gasteiger partial charge is 0.480 e. The number of carbonyl (C=O) groups excluding carboxylic acids is 1. The van der Waals surface area contributed by atoms with Crippen LogP contribution in [0.2, 0.25) is 0 Å². The quantitative estimate of drug-likeness (QED) is 0.723. The third-order valence-corrected chi connectivity index (χ3v) is 2.77. The van der Waals surface area contributed by atoms with Gasteiger partial charge in [0.1, 0.15) is 11.6 Å². The Bertz CT molecular complexity index is 296. The monoisotopic (exact) mass is 273 g/mol. The maximum atomic E-state index is 11.8. The lowest BCUT2D eigenvalue weighted by atomic mass is 10.1. The molecule has 19 heavy (non-hydrogen) atoms. The second kappa shape index (κ2) is 8.02. The molecular formula is C14H27NO4. The summed E-state index contributed by atoms with van der Waals surface area (Å²) in [5.41, 5.74) is -0.614. The number of aliphatic carboxylic acids is 1. The summed E-state index contributed by atoms with van der Waals surface area (Å²) in [5.74, 6) is -0.982. The third kappa shape index (κ3) is 7.70. The molecule has 1 amide bonds. The fourth-order valence-corrected chi connectivity index (χ4v) is 1.71. The molecule has 0 aliphatic heterocycles. The maximum absolute atomic E-state index is 11.8. The van der Waals surface area contributed by atoms with E-state index in [9.17, 15) is 14.7 Å². The van der Waals surface area contributed by atoms with Gasteiger partial charge in [0.05, 0.1) is 0 Å². The van der Waals surface area contributed by atoms with Gasteiger partial charge in [-0.15, -0.1) is 0 Å². The van der Waals surface area contributed by atoms with Gasteiger partial charge in [-0.3, -0.25) is 4.90 Å². The lowest BCUT2D eigenvalue weighted by molar-refractivity contribution is -0.143. The molecule has 0 saturated heterocycles. The molecule has 5 heteroatoms. The van der Waals surface area contributed by atoms with E-state index in [4.69, 9.17) is 4.74 Å². The van der Waals surface area contributed by atoms with Crippen LogP contribution in [0.1, 0.15) is 59.8 Å². The number of hydrogen-bond donors (Lipinski definition) is 1. The molecule has 0 fully saturated rings. The Morgan fingerprint density at radius 2 is 1.79 bits per heavy atom. The van der Waals surface area contributed by atoms with Gasteiger partial charge < -0.3 is 9.84 Å². The first-order chi connectivity index (χ1) is 8.69. The van der Waals surface area contributed by atoms with Crippen LogP contribution in [0, 0.1) is 0 Å². The lowest BCUT2D eigenvalue weighted by Crippen LogP contribution is -2.44. The summed E-state index contributed by atoms with van der Waals surface area (Å²) >= 11 is 0. The van der Waals surface area contributed by atoms with E-state index in [1.54, 1.807) is 20.8 Å². The number of unbranched alkanes of at least 4 members (excludes halogenated alkanes) is 3. The number of carboxylic acid groups (broad SMARTS) is 1. The van der Waals surface area contributed by atoms with Crippen molar-refractivity contribution in [2.45, 2.75) is 71.4 Å². The summed E-state index contributed by atoms with van der Waals surface area (Å²) in [5, 5.41) is 9.20. The molecule has 0 aromatic rings. The highest BCUT2D eigenvalue weighted by Gasteiger charge is 2.29. The van der Waals surface area contributed by atoms with E-state index in [-0.39, 0.29) is 0 Å². The number of hydrogen-bond acceptors (Lipinski definition) is 3. The van der Waals surface area contributed by atoms with Crippen LogP contribution >= 0.6 is 0 Å². The summed E-state index contributed by atoms with van der Waals surface area (Å²) in [6.07, 6.45) is 3.85. The van der Waals surface area contributed by atoms with Crippen LogP contribution in [0.5, 0.6) is 0 Å². The van der Waals surface area contributed by atoms with Crippen LogP contribution in [-0.2, 0) is 9.53 Å². The van der Waals surface area contributed by atoms with Crippen molar-refractivity contribution in [1.82, 2.24) is 4.90 Å². The molecule has 0 radical (unpaired) electrons. The number of rotatable bonds is 7. The summed E-state index contributed by atoms with van der Waals surface area (Å²) in [4.78, 5) is 24.2. The van der Waals surface area contributed by atoms with Gasteiger partial charge in [0.15, 0.2) is 0 Å². The first-order valence-electron chi connectivity index (χ1n) is 6.87. The molecule has 0 saturated carbocycles. The highest BCUT2D eigenvalue weighted by Crippen LogP contribution is 2.15. The Morgan fingerprint density at radius 1 is 1.21 bits per heavy atom. The van der Waals surface area contributed by atoms with E-state index >= 15 is 0 Å². The molecule has 1 unspecified atom stereocenters. The Hall–Kier alpha value is -1.26.